The number of benzene rings is 1. The summed E-state index contributed by atoms with van der Waals surface area (Å²) in [5, 5.41) is 4.06. The molecular weight excluding hydrogens is 255 g/mol. The van der Waals surface area contributed by atoms with E-state index >= 15 is 0 Å². The molecule has 2 N–H and O–H groups in total. The molecule has 3 nitrogen and oxygen atoms in total. The number of hydrogen-bond acceptors (Lipinski definition) is 3. The van der Waals surface area contributed by atoms with Crippen molar-refractivity contribution in [3.63, 3.8) is 0 Å². The molecule has 0 radical (unpaired) electrons. The van der Waals surface area contributed by atoms with E-state index in [0.717, 1.165) is 0 Å². The molecule has 0 bridgehead atoms. The van der Waals surface area contributed by atoms with Crippen LogP contribution in [-0.4, -0.2) is 5.16 Å². The molecule has 2 aromatic rings. The minimum atomic E-state index is -0.385. The van der Waals surface area contributed by atoms with E-state index < -0.39 is 0 Å². The number of nitrogens with two attached hydrogens (primary N) is 1. The van der Waals surface area contributed by atoms with E-state index in [1.807, 2.05) is 0 Å². The summed E-state index contributed by atoms with van der Waals surface area (Å²) < 4.78 is 18.3. The maximum absolute atomic E-state index is 13.0. The molecule has 96 valence electrons. The highest BCUT2D eigenvalue weighted by molar-refractivity contribution is 6.33. The molecule has 0 fully saturated rings. The largest absolute Gasteiger partial charge is 0.380 e. The van der Waals surface area contributed by atoms with Gasteiger partial charge in [-0.25, -0.2) is 4.39 Å². The molecule has 0 aliphatic carbocycles. The standard InChI is InChI=1S/C13H14ClFN2O/c1-7(2)5-11-12(13(16)17-18-11)9-4-3-8(15)6-10(9)14/h3-4,6-7H,5H2,1-2H3,(H2,16,17). The summed E-state index contributed by atoms with van der Waals surface area (Å²) in [6.07, 6.45) is 0.702. The predicted molar refractivity (Wildman–Crippen MR) is 69.9 cm³/mol. The predicted octanol–water partition coefficient (Wildman–Crippen LogP) is 3.91. The minimum Gasteiger partial charge on any atom is -0.380 e. The molecule has 5 heteroatoms. The van der Waals surface area contributed by atoms with Crippen LogP contribution in [0.15, 0.2) is 22.7 Å². The van der Waals surface area contributed by atoms with Crippen molar-refractivity contribution in [1.29, 1.82) is 0 Å². The van der Waals surface area contributed by atoms with Crippen LogP contribution in [0.5, 0.6) is 0 Å². The average Bonchev–Trinajstić information content (AvgIpc) is 2.60. The third-order valence-electron chi connectivity index (χ3n) is 2.58. The van der Waals surface area contributed by atoms with Gasteiger partial charge in [0.2, 0.25) is 0 Å². The van der Waals surface area contributed by atoms with Crippen molar-refractivity contribution in [3.05, 3.63) is 34.8 Å². The molecule has 0 aliphatic rings. The lowest BCUT2D eigenvalue weighted by Gasteiger charge is -2.06. The van der Waals surface area contributed by atoms with Crippen LogP contribution in [0, 0.1) is 11.7 Å². The molecule has 0 saturated carbocycles. The van der Waals surface area contributed by atoms with Gasteiger partial charge in [-0.15, -0.1) is 0 Å². The molecule has 1 aromatic heterocycles. The normalized spacial score (nSPS) is 11.2. The fourth-order valence-corrected chi connectivity index (χ4v) is 2.09. The highest BCUT2D eigenvalue weighted by atomic mass is 35.5. The smallest absolute Gasteiger partial charge is 0.175 e. The fraction of sp³-hybridized carbons (Fsp3) is 0.308. The Labute approximate surface area is 110 Å². The molecule has 1 aromatic carbocycles. The molecule has 0 unspecified atom stereocenters. The summed E-state index contributed by atoms with van der Waals surface area (Å²) in [5.74, 6) is 0.967. The summed E-state index contributed by atoms with van der Waals surface area (Å²) in [6.45, 7) is 4.13. The molecule has 0 amide bonds. The summed E-state index contributed by atoms with van der Waals surface area (Å²) in [6, 6.07) is 4.18. The first kappa shape index (κ1) is 12.9. The van der Waals surface area contributed by atoms with Gasteiger partial charge in [-0.2, -0.15) is 0 Å². The van der Waals surface area contributed by atoms with Crippen molar-refractivity contribution in [3.8, 4) is 11.1 Å². The van der Waals surface area contributed by atoms with Crippen LogP contribution in [-0.2, 0) is 6.42 Å². The van der Waals surface area contributed by atoms with Gasteiger partial charge in [0, 0.05) is 12.0 Å². The first-order chi connectivity index (χ1) is 8.49. The second-order valence-electron chi connectivity index (χ2n) is 4.59. The Morgan fingerprint density at radius 2 is 2.17 bits per heavy atom. The van der Waals surface area contributed by atoms with E-state index in [2.05, 4.69) is 19.0 Å². The molecule has 0 spiro atoms. The number of nitrogen functional groups attached to an aromatic ring is 1. The van der Waals surface area contributed by atoms with Crippen LogP contribution < -0.4 is 5.73 Å². The topological polar surface area (TPSA) is 52.0 Å². The van der Waals surface area contributed by atoms with Crippen LogP contribution in [0.4, 0.5) is 10.2 Å². The van der Waals surface area contributed by atoms with Gasteiger partial charge in [0.15, 0.2) is 5.82 Å². The summed E-state index contributed by atoms with van der Waals surface area (Å²) in [4.78, 5) is 0. The molecule has 0 saturated heterocycles. The van der Waals surface area contributed by atoms with Gasteiger partial charge in [-0.1, -0.05) is 30.6 Å². The van der Waals surface area contributed by atoms with Crippen molar-refractivity contribution < 1.29 is 8.91 Å². The Morgan fingerprint density at radius 3 is 2.78 bits per heavy atom. The van der Waals surface area contributed by atoms with E-state index in [1.54, 1.807) is 6.07 Å². The second kappa shape index (κ2) is 4.98. The average molecular weight is 269 g/mol. The van der Waals surface area contributed by atoms with Gasteiger partial charge in [0.05, 0.1) is 10.6 Å². The van der Waals surface area contributed by atoms with Crippen LogP contribution in [0.1, 0.15) is 19.6 Å². The number of nitrogens with zero attached hydrogens (tertiary/aromatic N) is 1. The SMILES string of the molecule is CC(C)Cc1onc(N)c1-c1ccc(F)cc1Cl. The zero-order valence-electron chi connectivity index (χ0n) is 10.2. The van der Waals surface area contributed by atoms with Crippen molar-refractivity contribution >= 4 is 17.4 Å². The minimum absolute atomic E-state index is 0.277. The van der Waals surface area contributed by atoms with Crippen molar-refractivity contribution in [2.24, 2.45) is 5.92 Å². The van der Waals surface area contributed by atoms with Crippen molar-refractivity contribution in [2.75, 3.05) is 5.73 Å². The van der Waals surface area contributed by atoms with Crippen molar-refractivity contribution in [2.45, 2.75) is 20.3 Å². The third kappa shape index (κ3) is 2.48. The van der Waals surface area contributed by atoms with Crippen molar-refractivity contribution in [1.82, 2.24) is 5.16 Å². The van der Waals surface area contributed by atoms with Crippen LogP contribution in [0.2, 0.25) is 5.02 Å². The fourth-order valence-electron chi connectivity index (χ4n) is 1.83. The molecular formula is C13H14ClFN2O. The van der Waals surface area contributed by atoms with Gasteiger partial charge in [-0.3, -0.25) is 0 Å². The molecule has 2 rings (SSSR count). The Balaban J connectivity index is 2.52. The third-order valence-corrected chi connectivity index (χ3v) is 2.90. The first-order valence-electron chi connectivity index (χ1n) is 5.68. The lowest BCUT2D eigenvalue weighted by Crippen LogP contribution is -1.96. The molecule has 0 atom stereocenters. The highest BCUT2D eigenvalue weighted by Crippen LogP contribution is 2.36. The van der Waals surface area contributed by atoms with E-state index in [4.69, 9.17) is 21.9 Å². The number of rotatable bonds is 3. The molecule has 0 aliphatic heterocycles. The highest BCUT2D eigenvalue weighted by Gasteiger charge is 2.19. The number of halogens is 2. The van der Waals surface area contributed by atoms with E-state index in [1.165, 1.54) is 12.1 Å². The molecule has 1 heterocycles. The van der Waals surface area contributed by atoms with E-state index in [-0.39, 0.29) is 11.6 Å². The zero-order chi connectivity index (χ0) is 13.3. The number of aromatic nitrogens is 1. The lowest BCUT2D eigenvalue weighted by atomic mass is 10.00. The maximum atomic E-state index is 13.0. The Morgan fingerprint density at radius 1 is 1.44 bits per heavy atom. The maximum Gasteiger partial charge on any atom is 0.175 e. The Bertz CT molecular complexity index is 566. The summed E-state index contributed by atoms with van der Waals surface area (Å²) in [7, 11) is 0. The monoisotopic (exact) mass is 268 g/mol. The van der Waals surface area contributed by atoms with Gasteiger partial charge in [0.25, 0.3) is 0 Å². The number of hydrogen-bond donors (Lipinski definition) is 1. The second-order valence-corrected chi connectivity index (χ2v) is 5.00. The van der Waals surface area contributed by atoms with Gasteiger partial charge in [0.1, 0.15) is 11.6 Å². The van der Waals surface area contributed by atoms with Gasteiger partial charge in [-0.05, 0) is 24.1 Å². The first-order valence-corrected chi connectivity index (χ1v) is 6.06. The number of anilines is 1. The van der Waals surface area contributed by atoms with Crippen LogP contribution in [0.25, 0.3) is 11.1 Å². The van der Waals surface area contributed by atoms with E-state index in [9.17, 15) is 4.39 Å². The van der Waals surface area contributed by atoms with Crippen LogP contribution >= 0.6 is 11.6 Å². The zero-order valence-corrected chi connectivity index (χ0v) is 11.0. The Kier molecular flexibility index (Phi) is 3.57. The van der Waals surface area contributed by atoms with E-state index in [0.29, 0.717) is 34.2 Å². The van der Waals surface area contributed by atoms with Gasteiger partial charge >= 0.3 is 0 Å². The lowest BCUT2D eigenvalue weighted by molar-refractivity contribution is 0.372. The summed E-state index contributed by atoms with van der Waals surface area (Å²) in [5.41, 5.74) is 7.11. The quantitative estimate of drug-likeness (QED) is 0.918. The van der Waals surface area contributed by atoms with Gasteiger partial charge < -0.3 is 10.3 Å². The summed E-state index contributed by atoms with van der Waals surface area (Å²) >= 11 is 6.04. The molecule has 18 heavy (non-hydrogen) atoms. The Hall–Kier alpha value is -1.55. The van der Waals surface area contributed by atoms with Crippen LogP contribution in [0.3, 0.4) is 0 Å².